The molecule has 0 atom stereocenters. The Morgan fingerprint density at radius 1 is 1.19 bits per heavy atom. The lowest BCUT2D eigenvalue weighted by atomic mass is 9.91. The van der Waals surface area contributed by atoms with Gasteiger partial charge in [-0.25, -0.2) is 12.7 Å². The van der Waals surface area contributed by atoms with Crippen molar-refractivity contribution in [1.82, 2.24) is 9.62 Å². The van der Waals surface area contributed by atoms with Crippen LogP contribution < -0.4 is 5.32 Å². The van der Waals surface area contributed by atoms with Gasteiger partial charge in [0.05, 0.1) is 5.25 Å². The Labute approximate surface area is 99.5 Å². The van der Waals surface area contributed by atoms with Crippen molar-refractivity contribution in [2.45, 2.75) is 56.9 Å². The van der Waals surface area contributed by atoms with Crippen molar-refractivity contribution in [3.63, 3.8) is 0 Å². The van der Waals surface area contributed by atoms with Crippen molar-refractivity contribution >= 4 is 10.0 Å². The Morgan fingerprint density at radius 3 is 2.06 bits per heavy atom. The molecule has 0 aromatic rings. The van der Waals surface area contributed by atoms with E-state index in [1.54, 1.807) is 25.2 Å². The fourth-order valence-electron chi connectivity index (χ4n) is 2.27. The van der Waals surface area contributed by atoms with E-state index in [1.165, 1.54) is 0 Å². The van der Waals surface area contributed by atoms with E-state index in [-0.39, 0.29) is 11.3 Å². The third kappa shape index (κ3) is 2.96. The smallest absolute Gasteiger partial charge is 0.216 e. The van der Waals surface area contributed by atoms with E-state index in [0.29, 0.717) is 6.04 Å². The number of nitrogens with one attached hydrogen (secondary N) is 1. The van der Waals surface area contributed by atoms with E-state index in [9.17, 15) is 8.42 Å². The zero-order chi connectivity index (χ0) is 12.3. The lowest BCUT2D eigenvalue weighted by molar-refractivity contribution is 0.254. The normalized spacial score (nSPS) is 27.6. The zero-order valence-corrected chi connectivity index (χ0v) is 11.5. The van der Waals surface area contributed by atoms with Gasteiger partial charge in [0.25, 0.3) is 0 Å². The summed E-state index contributed by atoms with van der Waals surface area (Å²) in [5.74, 6) is 0. The quantitative estimate of drug-likeness (QED) is 0.813. The van der Waals surface area contributed by atoms with Gasteiger partial charge < -0.3 is 5.32 Å². The van der Waals surface area contributed by atoms with Crippen LogP contribution in [-0.2, 0) is 10.0 Å². The number of hydrogen-bond donors (Lipinski definition) is 1. The van der Waals surface area contributed by atoms with Gasteiger partial charge in [0.15, 0.2) is 0 Å². The van der Waals surface area contributed by atoms with Gasteiger partial charge in [0.1, 0.15) is 0 Å². The van der Waals surface area contributed by atoms with Gasteiger partial charge in [0.2, 0.25) is 10.0 Å². The minimum Gasteiger partial charge on any atom is -0.317 e. The fraction of sp³-hybridized carbons (Fsp3) is 1.00. The average molecular weight is 248 g/mol. The highest BCUT2D eigenvalue weighted by Crippen LogP contribution is 2.25. The van der Waals surface area contributed by atoms with Crippen LogP contribution in [0.15, 0.2) is 0 Å². The largest absolute Gasteiger partial charge is 0.317 e. The SMILES string of the molecule is CNC1CCC(N(C)S(=O)(=O)C(C)C)CC1. The lowest BCUT2D eigenvalue weighted by Gasteiger charge is -2.34. The monoisotopic (exact) mass is 248 g/mol. The molecule has 0 aliphatic heterocycles. The molecular formula is C11H24N2O2S. The molecule has 0 aromatic carbocycles. The molecule has 0 saturated heterocycles. The molecule has 1 N–H and O–H groups in total. The molecule has 1 fully saturated rings. The van der Waals surface area contributed by atoms with Gasteiger partial charge in [-0.15, -0.1) is 0 Å². The van der Waals surface area contributed by atoms with Crippen molar-refractivity contribution in [2.75, 3.05) is 14.1 Å². The first-order valence-electron chi connectivity index (χ1n) is 6.03. The van der Waals surface area contributed by atoms with Crippen LogP contribution >= 0.6 is 0 Å². The minimum absolute atomic E-state index is 0.192. The molecule has 0 heterocycles. The van der Waals surface area contributed by atoms with Crippen LogP contribution in [0.1, 0.15) is 39.5 Å². The molecule has 16 heavy (non-hydrogen) atoms. The highest BCUT2D eigenvalue weighted by Gasteiger charge is 2.31. The predicted octanol–water partition coefficient (Wildman–Crippen LogP) is 1.19. The first-order valence-corrected chi connectivity index (χ1v) is 7.54. The summed E-state index contributed by atoms with van der Waals surface area (Å²) in [6.45, 7) is 3.48. The summed E-state index contributed by atoms with van der Waals surface area (Å²) in [7, 11) is 0.606. The van der Waals surface area contributed by atoms with Gasteiger partial charge in [-0.2, -0.15) is 0 Å². The number of rotatable bonds is 4. The summed E-state index contributed by atoms with van der Waals surface area (Å²) < 4.78 is 25.6. The second kappa shape index (κ2) is 5.47. The van der Waals surface area contributed by atoms with E-state index < -0.39 is 10.0 Å². The van der Waals surface area contributed by atoms with Gasteiger partial charge in [-0.05, 0) is 46.6 Å². The average Bonchev–Trinajstić information content (AvgIpc) is 2.28. The van der Waals surface area contributed by atoms with Gasteiger partial charge in [-0.1, -0.05) is 0 Å². The fourth-order valence-corrected chi connectivity index (χ4v) is 3.56. The number of sulfonamides is 1. The van der Waals surface area contributed by atoms with Gasteiger partial charge in [0, 0.05) is 19.1 Å². The molecular weight excluding hydrogens is 224 g/mol. The van der Waals surface area contributed by atoms with E-state index in [0.717, 1.165) is 25.7 Å². The minimum atomic E-state index is -3.09. The summed E-state index contributed by atoms with van der Waals surface area (Å²) in [6, 6.07) is 0.753. The number of nitrogens with zero attached hydrogens (tertiary/aromatic N) is 1. The summed E-state index contributed by atoms with van der Waals surface area (Å²) in [6.07, 6.45) is 4.07. The van der Waals surface area contributed by atoms with Crippen molar-refractivity contribution in [3.8, 4) is 0 Å². The van der Waals surface area contributed by atoms with Crippen molar-refractivity contribution < 1.29 is 8.42 Å². The van der Waals surface area contributed by atoms with Crippen LogP contribution in [-0.4, -0.2) is 44.2 Å². The molecule has 0 unspecified atom stereocenters. The van der Waals surface area contributed by atoms with E-state index >= 15 is 0 Å². The molecule has 0 radical (unpaired) electrons. The molecule has 4 nitrogen and oxygen atoms in total. The molecule has 5 heteroatoms. The van der Waals surface area contributed by atoms with Gasteiger partial charge >= 0.3 is 0 Å². The highest BCUT2D eigenvalue weighted by atomic mass is 32.2. The number of hydrogen-bond acceptors (Lipinski definition) is 3. The molecule has 1 saturated carbocycles. The third-order valence-electron chi connectivity index (χ3n) is 3.62. The Morgan fingerprint density at radius 2 is 1.69 bits per heavy atom. The highest BCUT2D eigenvalue weighted by molar-refractivity contribution is 7.89. The summed E-state index contributed by atoms with van der Waals surface area (Å²) in [5.41, 5.74) is 0. The Bertz CT molecular complexity index is 306. The summed E-state index contributed by atoms with van der Waals surface area (Å²) in [5, 5.41) is 2.94. The van der Waals surface area contributed by atoms with Crippen LogP contribution in [0.2, 0.25) is 0 Å². The van der Waals surface area contributed by atoms with Crippen molar-refractivity contribution in [3.05, 3.63) is 0 Å². The van der Waals surface area contributed by atoms with Crippen LogP contribution in [0, 0.1) is 0 Å². The molecule has 0 aromatic heterocycles. The second-order valence-electron chi connectivity index (χ2n) is 4.90. The first kappa shape index (κ1) is 13.9. The maximum atomic E-state index is 12.0. The van der Waals surface area contributed by atoms with E-state index in [2.05, 4.69) is 5.32 Å². The second-order valence-corrected chi connectivity index (χ2v) is 7.45. The first-order chi connectivity index (χ1) is 7.39. The van der Waals surface area contributed by atoms with Crippen molar-refractivity contribution in [1.29, 1.82) is 0 Å². The zero-order valence-electron chi connectivity index (χ0n) is 10.7. The van der Waals surface area contributed by atoms with Crippen LogP contribution in [0.25, 0.3) is 0 Å². The summed E-state index contributed by atoms with van der Waals surface area (Å²) in [4.78, 5) is 0. The standard InChI is InChI=1S/C11H24N2O2S/c1-9(2)16(14,15)13(4)11-7-5-10(12-3)6-8-11/h9-12H,5-8H2,1-4H3. The van der Waals surface area contributed by atoms with Crippen molar-refractivity contribution in [2.24, 2.45) is 0 Å². The Balaban J connectivity index is 2.60. The lowest BCUT2D eigenvalue weighted by Crippen LogP contribution is -2.44. The van der Waals surface area contributed by atoms with E-state index in [4.69, 9.17) is 0 Å². The predicted molar refractivity (Wildman–Crippen MR) is 66.9 cm³/mol. The molecule has 1 aliphatic carbocycles. The third-order valence-corrected chi connectivity index (χ3v) is 5.91. The molecule has 1 rings (SSSR count). The van der Waals surface area contributed by atoms with E-state index in [1.807, 2.05) is 7.05 Å². The molecule has 0 bridgehead atoms. The van der Waals surface area contributed by atoms with Crippen LogP contribution in [0.4, 0.5) is 0 Å². The molecule has 96 valence electrons. The summed E-state index contributed by atoms with van der Waals surface area (Å²) >= 11 is 0. The Hall–Kier alpha value is -0.130. The topological polar surface area (TPSA) is 49.4 Å². The molecule has 1 aliphatic rings. The maximum absolute atomic E-state index is 12.0. The van der Waals surface area contributed by atoms with Crippen LogP contribution in [0.5, 0.6) is 0 Å². The van der Waals surface area contributed by atoms with Crippen LogP contribution in [0.3, 0.4) is 0 Å². The Kier molecular flexibility index (Phi) is 4.76. The maximum Gasteiger partial charge on any atom is 0.216 e. The molecule has 0 spiro atoms. The van der Waals surface area contributed by atoms with Gasteiger partial charge in [-0.3, -0.25) is 0 Å². The molecule has 0 amide bonds.